The van der Waals surface area contributed by atoms with Gasteiger partial charge in [-0.25, -0.2) is 4.39 Å². The molecule has 1 fully saturated rings. The first-order chi connectivity index (χ1) is 13.0. The third kappa shape index (κ3) is 4.10. The fraction of sp³-hybridized carbons (Fsp3) is 0.333. The molecule has 1 aliphatic heterocycles. The molecule has 3 rings (SSSR count). The van der Waals surface area contributed by atoms with E-state index in [4.69, 9.17) is 4.74 Å². The molecule has 1 aliphatic rings. The summed E-state index contributed by atoms with van der Waals surface area (Å²) in [4.78, 5) is 28.9. The average molecular weight is 370 g/mol. The lowest BCUT2D eigenvalue weighted by molar-refractivity contribution is 0.0714. The van der Waals surface area contributed by atoms with Gasteiger partial charge in [-0.2, -0.15) is 0 Å². The first kappa shape index (κ1) is 18.9. The van der Waals surface area contributed by atoms with Gasteiger partial charge in [-0.1, -0.05) is 23.8 Å². The number of amides is 2. The minimum absolute atomic E-state index is 0.0672. The minimum Gasteiger partial charge on any atom is -0.496 e. The van der Waals surface area contributed by atoms with E-state index in [2.05, 4.69) is 0 Å². The molecule has 142 valence electrons. The van der Waals surface area contributed by atoms with Crippen molar-refractivity contribution in [3.05, 3.63) is 65.0 Å². The molecule has 2 aromatic carbocycles. The summed E-state index contributed by atoms with van der Waals surface area (Å²) in [6, 6.07) is 11.5. The van der Waals surface area contributed by atoms with Crippen LogP contribution in [0.25, 0.3) is 0 Å². The zero-order valence-electron chi connectivity index (χ0n) is 15.6. The summed E-state index contributed by atoms with van der Waals surface area (Å²) >= 11 is 0. The number of rotatable bonds is 3. The van der Waals surface area contributed by atoms with Crippen molar-refractivity contribution in [2.75, 3.05) is 33.3 Å². The van der Waals surface area contributed by atoms with Crippen molar-refractivity contribution in [3.63, 3.8) is 0 Å². The summed E-state index contributed by atoms with van der Waals surface area (Å²) in [7, 11) is 1.54. The number of carbonyl (C=O) groups is 2. The van der Waals surface area contributed by atoms with Gasteiger partial charge in [-0.3, -0.25) is 9.59 Å². The van der Waals surface area contributed by atoms with Crippen LogP contribution in [0.4, 0.5) is 4.39 Å². The van der Waals surface area contributed by atoms with Crippen LogP contribution in [0.3, 0.4) is 0 Å². The molecule has 27 heavy (non-hydrogen) atoms. The number of halogens is 1. The Morgan fingerprint density at radius 3 is 2.19 bits per heavy atom. The van der Waals surface area contributed by atoms with Gasteiger partial charge in [0.1, 0.15) is 11.6 Å². The molecule has 0 unspecified atom stereocenters. The SMILES string of the molecule is COc1ccc(C)cc1C(=O)N1CCCN(C(=O)c2ccccc2F)CC1. The monoisotopic (exact) mass is 370 g/mol. The highest BCUT2D eigenvalue weighted by atomic mass is 19.1. The molecule has 0 atom stereocenters. The number of carbonyl (C=O) groups excluding carboxylic acids is 2. The third-order valence-corrected chi connectivity index (χ3v) is 4.76. The molecule has 0 bridgehead atoms. The Bertz CT molecular complexity index is 853. The highest BCUT2D eigenvalue weighted by molar-refractivity contribution is 5.97. The smallest absolute Gasteiger partial charge is 0.257 e. The van der Waals surface area contributed by atoms with Crippen molar-refractivity contribution in [2.45, 2.75) is 13.3 Å². The van der Waals surface area contributed by atoms with Crippen molar-refractivity contribution in [1.82, 2.24) is 9.80 Å². The van der Waals surface area contributed by atoms with Crippen LogP contribution in [0.15, 0.2) is 42.5 Å². The van der Waals surface area contributed by atoms with E-state index in [0.717, 1.165) is 5.56 Å². The second kappa shape index (κ2) is 8.20. The predicted molar refractivity (Wildman–Crippen MR) is 101 cm³/mol. The lowest BCUT2D eigenvalue weighted by atomic mass is 10.1. The zero-order chi connectivity index (χ0) is 19.4. The number of ether oxygens (including phenoxy) is 1. The molecular formula is C21H23FN2O3. The van der Waals surface area contributed by atoms with Crippen molar-refractivity contribution in [2.24, 2.45) is 0 Å². The predicted octanol–water partition coefficient (Wildman–Crippen LogP) is 3.13. The first-order valence-electron chi connectivity index (χ1n) is 8.99. The maximum atomic E-state index is 13.9. The fourth-order valence-electron chi connectivity index (χ4n) is 3.29. The lowest BCUT2D eigenvalue weighted by Crippen LogP contribution is -2.37. The minimum atomic E-state index is -0.524. The summed E-state index contributed by atoms with van der Waals surface area (Å²) in [6.07, 6.45) is 0.639. The number of aryl methyl sites for hydroxylation is 1. The number of nitrogens with zero attached hydrogens (tertiary/aromatic N) is 2. The Labute approximate surface area is 158 Å². The van der Waals surface area contributed by atoms with Crippen molar-refractivity contribution < 1.29 is 18.7 Å². The van der Waals surface area contributed by atoms with Crippen LogP contribution in [0.1, 0.15) is 32.7 Å². The highest BCUT2D eigenvalue weighted by Crippen LogP contribution is 2.22. The van der Waals surface area contributed by atoms with Crippen molar-refractivity contribution >= 4 is 11.8 Å². The summed E-state index contributed by atoms with van der Waals surface area (Å²) in [5.41, 5.74) is 1.56. The standard InChI is InChI=1S/C21H23FN2O3/c1-15-8-9-19(27-2)17(14-15)21(26)24-11-5-10-23(12-13-24)20(25)16-6-3-4-7-18(16)22/h3-4,6-9,14H,5,10-13H2,1-2H3. The number of methoxy groups -OCH3 is 1. The van der Waals surface area contributed by atoms with Crippen LogP contribution in [-0.4, -0.2) is 54.9 Å². The van der Waals surface area contributed by atoms with Crippen LogP contribution in [0.2, 0.25) is 0 Å². The van der Waals surface area contributed by atoms with E-state index in [1.165, 1.54) is 12.1 Å². The number of hydrogen-bond donors (Lipinski definition) is 0. The molecule has 0 radical (unpaired) electrons. The van der Waals surface area contributed by atoms with Crippen LogP contribution >= 0.6 is 0 Å². The Hall–Kier alpha value is -2.89. The molecule has 1 saturated heterocycles. The van der Waals surface area contributed by atoms with Gasteiger partial charge in [0.25, 0.3) is 11.8 Å². The molecule has 0 N–H and O–H groups in total. The van der Waals surface area contributed by atoms with Gasteiger partial charge >= 0.3 is 0 Å². The molecule has 0 aromatic heterocycles. The number of benzene rings is 2. The van der Waals surface area contributed by atoms with Crippen LogP contribution in [0.5, 0.6) is 5.75 Å². The average Bonchev–Trinajstić information content (AvgIpc) is 2.93. The molecule has 2 amide bonds. The molecule has 2 aromatic rings. The normalized spacial score (nSPS) is 14.6. The van der Waals surface area contributed by atoms with Gasteiger partial charge < -0.3 is 14.5 Å². The van der Waals surface area contributed by atoms with E-state index < -0.39 is 5.82 Å². The van der Waals surface area contributed by atoms with E-state index in [-0.39, 0.29) is 17.4 Å². The molecule has 0 aliphatic carbocycles. The van der Waals surface area contributed by atoms with Gasteiger partial charge in [0.2, 0.25) is 0 Å². The molecule has 0 saturated carbocycles. The molecule has 6 heteroatoms. The van der Waals surface area contributed by atoms with Crippen LogP contribution in [-0.2, 0) is 0 Å². The molecule has 5 nitrogen and oxygen atoms in total. The topological polar surface area (TPSA) is 49.9 Å². The van der Waals surface area contributed by atoms with Crippen molar-refractivity contribution in [3.8, 4) is 5.75 Å². The molecular weight excluding hydrogens is 347 g/mol. The second-order valence-corrected chi connectivity index (χ2v) is 6.62. The largest absolute Gasteiger partial charge is 0.496 e. The Kier molecular flexibility index (Phi) is 5.74. The van der Waals surface area contributed by atoms with E-state index in [0.29, 0.717) is 43.9 Å². The van der Waals surface area contributed by atoms with Gasteiger partial charge in [-0.05, 0) is 37.6 Å². The Morgan fingerprint density at radius 1 is 0.926 bits per heavy atom. The van der Waals surface area contributed by atoms with Crippen LogP contribution < -0.4 is 4.74 Å². The fourth-order valence-corrected chi connectivity index (χ4v) is 3.29. The van der Waals surface area contributed by atoms with Gasteiger partial charge in [0.05, 0.1) is 18.2 Å². The second-order valence-electron chi connectivity index (χ2n) is 6.62. The van der Waals surface area contributed by atoms with Crippen LogP contribution in [0, 0.1) is 12.7 Å². The summed E-state index contributed by atoms with van der Waals surface area (Å²) in [6.45, 7) is 3.72. The Balaban J connectivity index is 1.73. The van der Waals surface area contributed by atoms with Gasteiger partial charge in [0.15, 0.2) is 0 Å². The van der Waals surface area contributed by atoms with Gasteiger partial charge in [-0.15, -0.1) is 0 Å². The van der Waals surface area contributed by atoms with E-state index in [1.807, 2.05) is 19.1 Å². The van der Waals surface area contributed by atoms with E-state index >= 15 is 0 Å². The summed E-state index contributed by atoms with van der Waals surface area (Å²) in [5, 5.41) is 0. The quantitative estimate of drug-likeness (QED) is 0.834. The maximum absolute atomic E-state index is 13.9. The zero-order valence-corrected chi connectivity index (χ0v) is 15.6. The molecule has 0 spiro atoms. The lowest BCUT2D eigenvalue weighted by Gasteiger charge is -2.23. The third-order valence-electron chi connectivity index (χ3n) is 4.76. The Morgan fingerprint density at radius 2 is 1.56 bits per heavy atom. The summed E-state index contributed by atoms with van der Waals surface area (Å²) in [5.74, 6) is -0.440. The maximum Gasteiger partial charge on any atom is 0.257 e. The van der Waals surface area contributed by atoms with E-state index in [9.17, 15) is 14.0 Å². The van der Waals surface area contributed by atoms with Gasteiger partial charge in [0, 0.05) is 26.2 Å². The number of hydrogen-bond acceptors (Lipinski definition) is 3. The highest BCUT2D eigenvalue weighted by Gasteiger charge is 2.26. The molecule has 1 heterocycles. The van der Waals surface area contributed by atoms with Crippen molar-refractivity contribution in [1.29, 1.82) is 0 Å². The summed E-state index contributed by atoms with van der Waals surface area (Å²) < 4.78 is 19.2. The van der Waals surface area contributed by atoms with E-state index in [1.54, 1.807) is 35.1 Å². The first-order valence-corrected chi connectivity index (χ1v) is 8.99.